The molecule has 0 aliphatic carbocycles. The first-order valence-electron chi connectivity index (χ1n) is 12.7. The molecule has 2 nitrogen and oxygen atoms in total. The van der Waals surface area contributed by atoms with Gasteiger partial charge in [-0.05, 0) is 66.2 Å². The van der Waals surface area contributed by atoms with Crippen LogP contribution >= 0.6 is 0 Å². The molecule has 0 fully saturated rings. The maximum atomic E-state index is 8.77. The second-order valence-corrected chi connectivity index (χ2v) is 7.95. The van der Waals surface area contributed by atoms with E-state index in [2.05, 4.69) is 11.1 Å². The molecule has 2 heteroatoms. The molecule has 0 amide bonds. The molecule has 0 spiro atoms. The standard InChI is InChI=1S/C30H30N2/c1-6-7-9-13-22(4)27-20-24(19-18-23(27)5)30-31-28-17-12-16-26(21(2)3)29(28)32(30)25-14-10-8-11-15-25/h6-21H,4H2,1-3,5H3/b7-6-,13-9-/i5D3,21D. The van der Waals surface area contributed by atoms with Crippen molar-refractivity contribution in [1.29, 1.82) is 0 Å². The van der Waals surface area contributed by atoms with Crippen molar-refractivity contribution in [3.63, 3.8) is 0 Å². The normalized spacial score (nSPS) is 14.5. The van der Waals surface area contributed by atoms with Crippen molar-refractivity contribution < 1.29 is 5.48 Å². The number of allylic oxidation sites excluding steroid dienone is 5. The Hall–Kier alpha value is -3.65. The van der Waals surface area contributed by atoms with Gasteiger partial charge in [-0.15, -0.1) is 0 Å². The molecule has 1 aromatic heterocycles. The van der Waals surface area contributed by atoms with Crippen molar-refractivity contribution in [3.05, 3.63) is 114 Å². The molecule has 0 unspecified atom stereocenters. The third-order valence-corrected chi connectivity index (χ3v) is 5.45. The van der Waals surface area contributed by atoms with E-state index >= 15 is 0 Å². The SMILES string of the molecule is [2H]C([2H])([2H])c1ccc(-c2nc3cccc(C([2H])(C)C)c3n2-c2ccccc2)cc1C(=C)/C=C\C=C/C. The first-order chi connectivity index (χ1) is 17.0. The number of benzene rings is 3. The molecule has 160 valence electrons. The topological polar surface area (TPSA) is 17.8 Å². The Labute approximate surface area is 196 Å². The van der Waals surface area contributed by atoms with Gasteiger partial charge in [0.25, 0.3) is 0 Å². The largest absolute Gasteiger partial charge is 0.292 e. The molecule has 1 heterocycles. The Morgan fingerprint density at radius 3 is 2.59 bits per heavy atom. The first kappa shape index (κ1) is 17.0. The molecular formula is C30H30N2. The molecule has 0 aliphatic rings. The summed E-state index contributed by atoms with van der Waals surface area (Å²) in [7, 11) is 0. The summed E-state index contributed by atoms with van der Waals surface area (Å²) in [5.41, 5.74) is 5.61. The number of hydrogen-bond donors (Lipinski definition) is 0. The zero-order valence-electron chi connectivity index (χ0n) is 22.8. The van der Waals surface area contributed by atoms with E-state index in [1.54, 1.807) is 12.1 Å². The van der Waals surface area contributed by atoms with E-state index in [1.807, 2.05) is 99.7 Å². The highest BCUT2D eigenvalue weighted by Gasteiger charge is 2.19. The third-order valence-electron chi connectivity index (χ3n) is 5.45. The average Bonchev–Trinajstić information content (AvgIpc) is 3.23. The average molecular weight is 423 g/mol. The van der Waals surface area contributed by atoms with Gasteiger partial charge in [0.1, 0.15) is 5.82 Å². The fourth-order valence-corrected chi connectivity index (χ4v) is 3.87. The number of para-hydroxylation sites is 2. The predicted molar refractivity (Wildman–Crippen MR) is 138 cm³/mol. The van der Waals surface area contributed by atoms with Crippen LogP contribution in [0.1, 0.15) is 48.8 Å². The summed E-state index contributed by atoms with van der Waals surface area (Å²) in [5, 5.41) is 0. The molecule has 0 saturated carbocycles. The monoisotopic (exact) mass is 422 g/mol. The maximum absolute atomic E-state index is 8.77. The van der Waals surface area contributed by atoms with Crippen LogP contribution in [0, 0.1) is 6.85 Å². The second-order valence-electron chi connectivity index (χ2n) is 7.95. The fourth-order valence-electron chi connectivity index (χ4n) is 3.87. The van der Waals surface area contributed by atoms with Crippen LogP contribution in [0.3, 0.4) is 0 Å². The number of hydrogen-bond acceptors (Lipinski definition) is 1. The lowest BCUT2D eigenvalue weighted by molar-refractivity contribution is 0.868. The molecule has 0 N–H and O–H groups in total. The Bertz CT molecular complexity index is 1470. The van der Waals surface area contributed by atoms with Gasteiger partial charge in [-0.2, -0.15) is 0 Å². The fraction of sp³-hybridized carbons (Fsp3) is 0.167. The van der Waals surface area contributed by atoms with Gasteiger partial charge in [-0.1, -0.05) is 87.2 Å². The van der Waals surface area contributed by atoms with Crippen molar-refractivity contribution in [2.75, 3.05) is 0 Å². The smallest absolute Gasteiger partial charge is 0.145 e. The van der Waals surface area contributed by atoms with Gasteiger partial charge in [0, 0.05) is 16.7 Å². The summed E-state index contributed by atoms with van der Waals surface area (Å²) in [6.45, 7) is 7.53. The molecule has 0 atom stereocenters. The second kappa shape index (κ2) is 9.23. The van der Waals surface area contributed by atoms with E-state index in [4.69, 9.17) is 10.5 Å². The molecule has 4 rings (SSSR count). The number of rotatable bonds is 6. The van der Waals surface area contributed by atoms with Gasteiger partial charge in [0.2, 0.25) is 0 Å². The van der Waals surface area contributed by atoms with Crippen molar-refractivity contribution in [2.45, 2.75) is 33.5 Å². The van der Waals surface area contributed by atoms with Gasteiger partial charge in [0.05, 0.1) is 11.0 Å². The molecule has 3 aromatic carbocycles. The van der Waals surface area contributed by atoms with Crippen LogP contribution in [0.25, 0.3) is 33.7 Å². The summed E-state index contributed by atoms with van der Waals surface area (Å²) in [6.07, 6.45) is 7.44. The molecule has 0 saturated heterocycles. The van der Waals surface area contributed by atoms with Crippen molar-refractivity contribution in [1.82, 2.24) is 9.55 Å². The van der Waals surface area contributed by atoms with E-state index in [0.717, 1.165) is 27.8 Å². The third kappa shape index (κ3) is 4.09. The highest BCUT2D eigenvalue weighted by Crippen LogP contribution is 2.34. The number of nitrogens with zero attached hydrogens (tertiary/aromatic N) is 2. The summed E-state index contributed by atoms with van der Waals surface area (Å²) in [4.78, 5) is 4.98. The maximum Gasteiger partial charge on any atom is 0.145 e. The van der Waals surface area contributed by atoms with E-state index in [9.17, 15) is 0 Å². The number of aryl methyl sites for hydroxylation is 1. The van der Waals surface area contributed by atoms with E-state index < -0.39 is 12.7 Å². The van der Waals surface area contributed by atoms with Crippen LogP contribution in [0.5, 0.6) is 0 Å². The van der Waals surface area contributed by atoms with Crippen molar-refractivity contribution >= 4 is 16.6 Å². The van der Waals surface area contributed by atoms with Crippen molar-refractivity contribution in [2.24, 2.45) is 0 Å². The summed E-state index contributed by atoms with van der Waals surface area (Å²) >= 11 is 0. The summed E-state index contributed by atoms with van der Waals surface area (Å²) in [5.74, 6) is -0.164. The molecular weight excluding hydrogens is 388 g/mol. The lowest BCUT2D eigenvalue weighted by atomic mass is 9.98. The Balaban J connectivity index is 2.04. The summed E-state index contributed by atoms with van der Waals surface area (Å²) in [6, 6.07) is 21.1. The van der Waals surface area contributed by atoms with Gasteiger partial charge in [0.15, 0.2) is 0 Å². The van der Waals surface area contributed by atoms with Gasteiger partial charge in [-0.3, -0.25) is 4.57 Å². The van der Waals surface area contributed by atoms with Crippen LogP contribution in [0.2, 0.25) is 0 Å². The van der Waals surface area contributed by atoms with Crippen LogP contribution in [-0.2, 0) is 0 Å². The highest BCUT2D eigenvalue weighted by atomic mass is 15.1. The van der Waals surface area contributed by atoms with Crippen molar-refractivity contribution in [3.8, 4) is 17.1 Å². The van der Waals surface area contributed by atoms with Crippen LogP contribution < -0.4 is 0 Å². The van der Waals surface area contributed by atoms with Crippen LogP contribution in [0.4, 0.5) is 0 Å². The molecule has 0 radical (unpaired) electrons. The molecule has 0 aliphatic heterocycles. The first-order valence-corrected chi connectivity index (χ1v) is 10.7. The minimum Gasteiger partial charge on any atom is -0.292 e. The van der Waals surface area contributed by atoms with Gasteiger partial charge < -0.3 is 0 Å². The van der Waals surface area contributed by atoms with Gasteiger partial charge >= 0.3 is 0 Å². The zero-order chi connectivity index (χ0) is 26.1. The quantitative estimate of drug-likeness (QED) is 0.286. The van der Waals surface area contributed by atoms with E-state index in [-0.39, 0.29) is 5.56 Å². The molecule has 4 aromatic rings. The number of fused-ring (bicyclic) bond motifs is 1. The lowest BCUT2D eigenvalue weighted by Gasteiger charge is -2.15. The zero-order valence-corrected chi connectivity index (χ0v) is 18.8. The van der Waals surface area contributed by atoms with E-state index in [1.165, 1.54) is 0 Å². The highest BCUT2D eigenvalue weighted by molar-refractivity contribution is 5.87. The Morgan fingerprint density at radius 2 is 1.88 bits per heavy atom. The number of imidazole rings is 1. The lowest BCUT2D eigenvalue weighted by Crippen LogP contribution is -2.01. The Morgan fingerprint density at radius 1 is 1.06 bits per heavy atom. The Kier molecular flexibility index (Phi) is 4.90. The van der Waals surface area contributed by atoms with E-state index in [0.29, 0.717) is 17.0 Å². The minimum atomic E-state index is -2.28. The molecule has 0 bridgehead atoms. The molecule has 32 heavy (non-hydrogen) atoms. The predicted octanol–water partition coefficient (Wildman–Crippen LogP) is 8.27. The van der Waals surface area contributed by atoms with Gasteiger partial charge in [-0.25, -0.2) is 4.98 Å². The minimum absolute atomic E-state index is 0.247. The number of aromatic nitrogens is 2. The summed E-state index contributed by atoms with van der Waals surface area (Å²) < 4.78 is 35.0. The van der Waals surface area contributed by atoms with Crippen LogP contribution in [-0.4, -0.2) is 9.55 Å². The van der Waals surface area contributed by atoms with Crippen LogP contribution in [0.15, 0.2) is 97.6 Å².